The van der Waals surface area contributed by atoms with Crippen molar-refractivity contribution in [3.05, 3.63) is 23.8 Å². The maximum absolute atomic E-state index is 12.1. The van der Waals surface area contributed by atoms with Gasteiger partial charge >= 0.3 is 0 Å². The van der Waals surface area contributed by atoms with Crippen molar-refractivity contribution in [3.63, 3.8) is 0 Å². The van der Waals surface area contributed by atoms with Crippen molar-refractivity contribution >= 4 is 18.3 Å². The highest BCUT2D eigenvalue weighted by atomic mass is 35.5. The van der Waals surface area contributed by atoms with Gasteiger partial charge in [0.2, 0.25) is 12.7 Å². The van der Waals surface area contributed by atoms with E-state index in [2.05, 4.69) is 0 Å². The highest BCUT2D eigenvalue weighted by molar-refractivity contribution is 5.85. The Morgan fingerprint density at radius 1 is 1.38 bits per heavy atom. The van der Waals surface area contributed by atoms with Gasteiger partial charge in [0, 0.05) is 25.6 Å². The maximum Gasteiger partial charge on any atom is 0.231 e. The molecule has 21 heavy (non-hydrogen) atoms. The molecule has 1 atom stereocenters. The van der Waals surface area contributed by atoms with Crippen molar-refractivity contribution in [3.8, 4) is 11.5 Å². The number of halogens is 1. The number of amides is 1. The fourth-order valence-corrected chi connectivity index (χ4v) is 2.15. The molecular formula is C15H23ClN2O3. The first-order chi connectivity index (χ1) is 9.60. The number of carbonyl (C=O) groups is 1. The van der Waals surface area contributed by atoms with Gasteiger partial charge in [-0.3, -0.25) is 4.79 Å². The number of carbonyl (C=O) groups excluding carboxylic acids is 1. The average molecular weight is 315 g/mol. The molecule has 1 aliphatic heterocycles. The third kappa shape index (κ3) is 4.79. The van der Waals surface area contributed by atoms with E-state index in [1.165, 1.54) is 0 Å². The van der Waals surface area contributed by atoms with Crippen LogP contribution in [0.4, 0.5) is 0 Å². The van der Waals surface area contributed by atoms with Gasteiger partial charge in [-0.25, -0.2) is 0 Å². The molecule has 0 bridgehead atoms. The van der Waals surface area contributed by atoms with Gasteiger partial charge in [0.15, 0.2) is 11.5 Å². The Hall–Kier alpha value is -1.46. The largest absolute Gasteiger partial charge is 0.454 e. The van der Waals surface area contributed by atoms with Crippen LogP contribution < -0.4 is 15.2 Å². The van der Waals surface area contributed by atoms with Crippen LogP contribution in [-0.2, 0) is 11.3 Å². The van der Waals surface area contributed by atoms with Gasteiger partial charge < -0.3 is 20.1 Å². The molecule has 0 radical (unpaired) electrons. The van der Waals surface area contributed by atoms with Crippen LogP contribution in [0.15, 0.2) is 18.2 Å². The van der Waals surface area contributed by atoms with Gasteiger partial charge in [-0.15, -0.1) is 12.4 Å². The molecule has 0 saturated heterocycles. The van der Waals surface area contributed by atoms with Gasteiger partial charge in [-0.05, 0) is 38.0 Å². The third-order valence-corrected chi connectivity index (χ3v) is 3.36. The highest BCUT2D eigenvalue weighted by Gasteiger charge is 2.16. The van der Waals surface area contributed by atoms with Crippen LogP contribution in [0, 0.1) is 0 Å². The standard InChI is InChI=1S/C15H22N2O3.ClH/c1-3-17(15(18)7-4-11(2)16)9-12-5-6-13-14(8-12)20-10-19-13;/h5-6,8,11H,3-4,7,9-10,16H2,1-2H3;1H. The Morgan fingerprint density at radius 3 is 2.76 bits per heavy atom. The number of nitrogens with zero attached hydrogens (tertiary/aromatic N) is 1. The van der Waals surface area contributed by atoms with E-state index in [1.807, 2.05) is 36.9 Å². The van der Waals surface area contributed by atoms with Crippen LogP contribution >= 0.6 is 12.4 Å². The molecule has 0 spiro atoms. The van der Waals surface area contributed by atoms with Gasteiger partial charge in [0.05, 0.1) is 0 Å². The van der Waals surface area contributed by atoms with E-state index >= 15 is 0 Å². The summed E-state index contributed by atoms with van der Waals surface area (Å²) < 4.78 is 10.6. The second-order valence-corrected chi connectivity index (χ2v) is 5.11. The minimum atomic E-state index is 0. The monoisotopic (exact) mass is 314 g/mol. The molecule has 2 rings (SSSR count). The molecule has 2 N–H and O–H groups in total. The molecule has 0 aliphatic carbocycles. The topological polar surface area (TPSA) is 64.8 Å². The van der Waals surface area contributed by atoms with Gasteiger partial charge in [0.1, 0.15) is 0 Å². The number of rotatable bonds is 6. The maximum atomic E-state index is 12.1. The van der Waals surface area contributed by atoms with Crippen LogP contribution in [0.1, 0.15) is 32.3 Å². The number of ether oxygens (including phenoxy) is 2. The predicted molar refractivity (Wildman–Crippen MR) is 83.8 cm³/mol. The molecule has 0 saturated carbocycles. The van der Waals surface area contributed by atoms with Crippen molar-refractivity contribution in [1.82, 2.24) is 4.90 Å². The van der Waals surface area contributed by atoms with E-state index < -0.39 is 0 Å². The lowest BCUT2D eigenvalue weighted by atomic mass is 10.1. The molecule has 1 amide bonds. The lowest BCUT2D eigenvalue weighted by molar-refractivity contribution is -0.131. The van der Waals surface area contributed by atoms with E-state index in [-0.39, 0.29) is 31.1 Å². The van der Waals surface area contributed by atoms with Gasteiger partial charge in [-0.2, -0.15) is 0 Å². The van der Waals surface area contributed by atoms with Crippen molar-refractivity contribution in [2.45, 2.75) is 39.3 Å². The normalized spacial score (nSPS) is 13.5. The number of fused-ring (bicyclic) bond motifs is 1. The fourth-order valence-electron chi connectivity index (χ4n) is 2.15. The number of nitrogens with two attached hydrogens (primary N) is 1. The summed E-state index contributed by atoms with van der Waals surface area (Å²) in [6, 6.07) is 5.85. The van der Waals surface area contributed by atoms with Crippen LogP contribution in [0.25, 0.3) is 0 Å². The highest BCUT2D eigenvalue weighted by Crippen LogP contribution is 2.32. The molecule has 1 aliphatic rings. The zero-order valence-corrected chi connectivity index (χ0v) is 13.3. The summed E-state index contributed by atoms with van der Waals surface area (Å²) in [6.07, 6.45) is 1.21. The molecule has 0 fully saturated rings. The molecule has 0 aromatic heterocycles. The summed E-state index contributed by atoms with van der Waals surface area (Å²) in [5.41, 5.74) is 6.74. The molecule has 5 nitrogen and oxygen atoms in total. The number of benzene rings is 1. The van der Waals surface area contributed by atoms with Crippen LogP contribution in [-0.4, -0.2) is 30.2 Å². The summed E-state index contributed by atoms with van der Waals surface area (Å²) in [7, 11) is 0. The number of hydrogen-bond acceptors (Lipinski definition) is 4. The molecule has 1 aromatic rings. The third-order valence-electron chi connectivity index (χ3n) is 3.36. The summed E-state index contributed by atoms with van der Waals surface area (Å²) in [4.78, 5) is 14.0. The Bertz CT molecular complexity index is 480. The second-order valence-electron chi connectivity index (χ2n) is 5.11. The van der Waals surface area contributed by atoms with Gasteiger partial charge in [-0.1, -0.05) is 6.07 Å². The quantitative estimate of drug-likeness (QED) is 0.875. The van der Waals surface area contributed by atoms with Crippen LogP contribution in [0.3, 0.4) is 0 Å². The van der Waals surface area contributed by atoms with E-state index in [9.17, 15) is 4.79 Å². The first-order valence-corrected chi connectivity index (χ1v) is 7.02. The second kappa shape index (κ2) is 8.10. The molecule has 6 heteroatoms. The predicted octanol–water partition coefficient (Wildman–Crippen LogP) is 2.31. The van der Waals surface area contributed by atoms with Crippen molar-refractivity contribution in [2.24, 2.45) is 5.73 Å². The van der Waals surface area contributed by atoms with Crippen molar-refractivity contribution in [2.75, 3.05) is 13.3 Å². The van der Waals surface area contributed by atoms with Gasteiger partial charge in [0.25, 0.3) is 0 Å². The van der Waals surface area contributed by atoms with E-state index in [0.717, 1.165) is 23.5 Å². The van der Waals surface area contributed by atoms with E-state index in [4.69, 9.17) is 15.2 Å². The summed E-state index contributed by atoms with van der Waals surface area (Å²) in [6.45, 7) is 5.44. The lowest BCUT2D eigenvalue weighted by Gasteiger charge is -2.21. The SMILES string of the molecule is CCN(Cc1ccc2c(c1)OCO2)C(=O)CCC(C)N.Cl. The zero-order chi connectivity index (χ0) is 14.5. The van der Waals surface area contributed by atoms with Crippen molar-refractivity contribution < 1.29 is 14.3 Å². The van der Waals surface area contributed by atoms with E-state index in [0.29, 0.717) is 19.5 Å². The Morgan fingerprint density at radius 2 is 2.10 bits per heavy atom. The fraction of sp³-hybridized carbons (Fsp3) is 0.533. The molecule has 1 heterocycles. The molecule has 1 unspecified atom stereocenters. The lowest BCUT2D eigenvalue weighted by Crippen LogP contribution is -2.31. The average Bonchev–Trinajstić information content (AvgIpc) is 2.89. The molecular weight excluding hydrogens is 292 g/mol. The molecule has 118 valence electrons. The summed E-state index contributed by atoms with van der Waals surface area (Å²) in [5, 5.41) is 0. The van der Waals surface area contributed by atoms with Crippen LogP contribution in [0.2, 0.25) is 0 Å². The Kier molecular flexibility index (Phi) is 6.78. The molecule has 1 aromatic carbocycles. The minimum Gasteiger partial charge on any atom is -0.454 e. The first kappa shape index (κ1) is 17.6. The van der Waals surface area contributed by atoms with Crippen LogP contribution in [0.5, 0.6) is 11.5 Å². The first-order valence-electron chi connectivity index (χ1n) is 7.02. The smallest absolute Gasteiger partial charge is 0.231 e. The Labute approximate surface area is 131 Å². The van der Waals surface area contributed by atoms with Crippen molar-refractivity contribution in [1.29, 1.82) is 0 Å². The number of hydrogen-bond donors (Lipinski definition) is 1. The summed E-state index contributed by atoms with van der Waals surface area (Å²) >= 11 is 0. The Balaban J connectivity index is 0.00000220. The zero-order valence-electron chi connectivity index (χ0n) is 12.5. The van der Waals surface area contributed by atoms with E-state index in [1.54, 1.807) is 0 Å². The minimum absolute atomic E-state index is 0. The summed E-state index contributed by atoms with van der Waals surface area (Å²) in [5.74, 6) is 1.66.